The number of cyclic esters (lactones) is 1. The molecule has 0 aromatic heterocycles. The molecular weight excluding hydrogens is 156 g/mol. The lowest BCUT2D eigenvalue weighted by atomic mass is 9.87. The van der Waals surface area contributed by atoms with E-state index in [1.807, 2.05) is 7.05 Å². The van der Waals surface area contributed by atoms with Gasteiger partial charge in [0.15, 0.2) is 0 Å². The monoisotopic (exact) mass is 170 g/mol. The first kappa shape index (κ1) is 7.86. The Bertz CT molecular complexity index is 219. The van der Waals surface area contributed by atoms with Crippen LogP contribution in [-0.2, 0) is 4.74 Å². The van der Waals surface area contributed by atoms with Gasteiger partial charge in [0.25, 0.3) is 0 Å². The standard InChI is InChI=1S/C8H14N2O2/c1-8-5-9-3-6(8)4-12-7(11)10(8)2/h6,9H,3-5H2,1-2H3/t6-,8-/m1/s1. The zero-order valence-corrected chi connectivity index (χ0v) is 7.46. The molecule has 1 N–H and O–H groups in total. The number of nitrogens with zero attached hydrogens (tertiary/aromatic N) is 1. The number of carbonyl (C=O) groups is 1. The summed E-state index contributed by atoms with van der Waals surface area (Å²) < 4.78 is 5.02. The summed E-state index contributed by atoms with van der Waals surface area (Å²) in [6, 6.07) is 0. The third kappa shape index (κ3) is 0.843. The van der Waals surface area contributed by atoms with Gasteiger partial charge in [0.1, 0.15) is 0 Å². The van der Waals surface area contributed by atoms with Gasteiger partial charge in [0.2, 0.25) is 0 Å². The third-order valence-corrected chi connectivity index (χ3v) is 3.20. The van der Waals surface area contributed by atoms with E-state index < -0.39 is 0 Å². The SMILES string of the molecule is CN1C(=O)OC[C@H]2CNC[C@]21C. The Morgan fingerprint density at radius 1 is 1.75 bits per heavy atom. The summed E-state index contributed by atoms with van der Waals surface area (Å²) in [7, 11) is 1.81. The summed E-state index contributed by atoms with van der Waals surface area (Å²) in [5.74, 6) is 0.445. The van der Waals surface area contributed by atoms with Crippen molar-refractivity contribution in [3.63, 3.8) is 0 Å². The van der Waals surface area contributed by atoms with E-state index in [-0.39, 0.29) is 11.6 Å². The second kappa shape index (κ2) is 2.36. The normalized spacial score (nSPS) is 41.0. The zero-order valence-electron chi connectivity index (χ0n) is 7.46. The van der Waals surface area contributed by atoms with Crippen LogP contribution in [0.3, 0.4) is 0 Å². The largest absolute Gasteiger partial charge is 0.449 e. The van der Waals surface area contributed by atoms with E-state index in [1.54, 1.807) is 4.90 Å². The van der Waals surface area contributed by atoms with Crippen molar-refractivity contribution in [2.75, 3.05) is 26.7 Å². The quantitative estimate of drug-likeness (QED) is 0.558. The van der Waals surface area contributed by atoms with Gasteiger partial charge >= 0.3 is 6.09 Å². The molecule has 0 saturated carbocycles. The zero-order chi connectivity index (χ0) is 8.77. The molecule has 2 atom stereocenters. The number of amides is 1. The van der Waals surface area contributed by atoms with Crippen LogP contribution in [0.25, 0.3) is 0 Å². The summed E-state index contributed by atoms with van der Waals surface area (Å²) in [5, 5.41) is 3.28. The lowest BCUT2D eigenvalue weighted by Gasteiger charge is -2.42. The second-order valence-corrected chi connectivity index (χ2v) is 3.82. The topological polar surface area (TPSA) is 41.6 Å². The van der Waals surface area contributed by atoms with E-state index >= 15 is 0 Å². The van der Waals surface area contributed by atoms with Crippen molar-refractivity contribution >= 4 is 6.09 Å². The van der Waals surface area contributed by atoms with Gasteiger partial charge in [-0.25, -0.2) is 4.79 Å². The van der Waals surface area contributed by atoms with Crippen LogP contribution >= 0.6 is 0 Å². The van der Waals surface area contributed by atoms with Crippen molar-refractivity contribution in [2.24, 2.45) is 5.92 Å². The van der Waals surface area contributed by atoms with Crippen molar-refractivity contribution in [3.05, 3.63) is 0 Å². The van der Waals surface area contributed by atoms with Crippen molar-refractivity contribution in [1.82, 2.24) is 10.2 Å². The summed E-state index contributed by atoms with van der Waals surface area (Å²) in [6.07, 6.45) is -0.197. The van der Waals surface area contributed by atoms with Crippen molar-refractivity contribution in [2.45, 2.75) is 12.5 Å². The average molecular weight is 170 g/mol. The minimum Gasteiger partial charge on any atom is -0.449 e. The fraction of sp³-hybridized carbons (Fsp3) is 0.875. The minimum atomic E-state index is -0.197. The number of fused-ring (bicyclic) bond motifs is 1. The van der Waals surface area contributed by atoms with E-state index in [2.05, 4.69) is 12.2 Å². The lowest BCUT2D eigenvalue weighted by molar-refractivity contribution is -0.00459. The molecule has 0 aromatic carbocycles. The molecule has 2 heterocycles. The predicted octanol–water partition coefficient (Wildman–Crippen LogP) is 0.0465. The van der Waals surface area contributed by atoms with Crippen LogP contribution in [0.2, 0.25) is 0 Å². The third-order valence-electron chi connectivity index (χ3n) is 3.20. The predicted molar refractivity (Wildman–Crippen MR) is 43.9 cm³/mol. The first-order valence-electron chi connectivity index (χ1n) is 4.26. The molecule has 0 spiro atoms. The number of carbonyl (C=O) groups excluding carboxylic acids is 1. The number of hydrogen-bond acceptors (Lipinski definition) is 3. The Labute approximate surface area is 71.9 Å². The molecule has 1 amide bonds. The van der Waals surface area contributed by atoms with E-state index in [0.717, 1.165) is 13.1 Å². The average Bonchev–Trinajstić information content (AvgIpc) is 2.42. The molecule has 2 rings (SSSR count). The van der Waals surface area contributed by atoms with Crippen molar-refractivity contribution < 1.29 is 9.53 Å². The molecular formula is C8H14N2O2. The Kier molecular flexibility index (Phi) is 1.54. The summed E-state index contributed by atoms with van der Waals surface area (Å²) in [5.41, 5.74) is -0.0324. The van der Waals surface area contributed by atoms with Gasteiger partial charge in [-0.05, 0) is 6.92 Å². The number of ether oxygens (including phenoxy) is 1. The van der Waals surface area contributed by atoms with Gasteiger partial charge in [0, 0.05) is 26.1 Å². The minimum absolute atomic E-state index is 0.0324. The van der Waals surface area contributed by atoms with Crippen LogP contribution in [0, 0.1) is 5.92 Å². The smallest absolute Gasteiger partial charge is 0.410 e. The maximum absolute atomic E-state index is 11.2. The summed E-state index contributed by atoms with van der Waals surface area (Å²) in [4.78, 5) is 12.9. The maximum Gasteiger partial charge on any atom is 0.410 e. The number of hydrogen-bond donors (Lipinski definition) is 1. The molecule has 2 aliphatic rings. The van der Waals surface area contributed by atoms with Crippen LogP contribution < -0.4 is 5.32 Å². The van der Waals surface area contributed by atoms with Crippen LogP contribution in [0.4, 0.5) is 4.79 Å². The summed E-state index contributed by atoms with van der Waals surface area (Å²) >= 11 is 0. The van der Waals surface area contributed by atoms with Gasteiger partial charge in [-0.15, -0.1) is 0 Å². The highest BCUT2D eigenvalue weighted by Crippen LogP contribution is 2.31. The summed E-state index contributed by atoms with van der Waals surface area (Å²) in [6.45, 7) is 4.50. The molecule has 2 fully saturated rings. The van der Waals surface area contributed by atoms with Gasteiger partial charge < -0.3 is 15.0 Å². The Morgan fingerprint density at radius 2 is 2.50 bits per heavy atom. The molecule has 4 heteroatoms. The Hall–Kier alpha value is -0.770. The Balaban J connectivity index is 2.25. The maximum atomic E-state index is 11.2. The highest BCUT2D eigenvalue weighted by Gasteiger charge is 2.48. The van der Waals surface area contributed by atoms with E-state index in [0.29, 0.717) is 12.5 Å². The number of likely N-dealkylation sites (N-methyl/N-ethyl adjacent to an activating group) is 1. The molecule has 0 aliphatic carbocycles. The number of nitrogens with one attached hydrogen (secondary N) is 1. The highest BCUT2D eigenvalue weighted by atomic mass is 16.6. The molecule has 0 radical (unpaired) electrons. The fourth-order valence-corrected chi connectivity index (χ4v) is 1.97. The lowest BCUT2D eigenvalue weighted by Crippen LogP contribution is -2.57. The number of rotatable bonds is 0. The highest BCUT2D eigenvalue weighted by molar-refractivity contribution is 5.69. The van der Waals surface area contributed by atoms with Crippen LogP contribution in [0.1, 0.15) is 6.92 Å². The molecule has 0 aromatic rings. The van der Waals surface area contributed by atoms with E-state index in [4.69, 9.17) is 4.74 Å². The van der Waals surface area contributed by atoms with Crippen molar-refractivity contribution in [1.29, 1.82) is 0 Å². The Morgan fingerprint density at radius 3 is 3.25 bits per heavy atom. The molecule has 2 aliphatic heterocycles. The molecule has 12 heavy (non-hydrogen) atoms. The molecule has 68 valence electrons. The van der Waals surface area contributed by atoms with Crippen molar-refractivity contribution in [3.8, 4) is 0 Å². The fourth-order valence-electron chi connectivity index (χ4n) is 1.97. The molecule has 4 nitrogen and oxygen atoms in total. The first-order chi connectivity index (χ1) is 5.64. The molecule has 0 bridgehead atoms. The second-order valence-electron chi connectivity index (χ2n) is 3.82. The van der Waals surface area contributed by atoms with Crippen LogP contribution in [0.5, 0.6) is 0 Å². The van der Waals surface area contributed by atoms with Gasteiger partial charge in [-0.3, -0.25) is 0 Å². The van der Waals surface area contributed by atoms with Crippen LogP contribution in [0.15, 0.2) is 0 Å². The van der Waals surface area contributed by atoms with Gasteiger partial charge in [-0.1, -0.05) is 0 Å². The van der Waals surface area contributed by atoms with Gasteiger partial charge in [0.05, 0.1) is 12.1 Å². The van der Waals surface area contributed by atoms with E-state index in [1.165, 1.54) is 0 Å². The van der Waals surface area contributed by atoms with Crippen LogP contribution in [-0.4, -0.2) is 43.3 Å². The molecule has 2 saturated heterocycles. The first-order valence-corrected chi connectivity index (χ1v) is 4.26. The van der Waals surface area contributed by atoms with Gasteiger partial charge in [-0.2, -0.15) is 0 Å². The molecule has 0 unspecified atom stereocenters. The van der Waals surface area contributed by atoms with E-state index in [9.17, 15) is 4.79 Å².